The first-order valence-corrected chi connectivity index (χ1v) is 8.39. The number of aromatic nitrogens is 2. The quantitative estimate of drug-likeness (QED) is 0.840. The van der Waals surface area contributed by atoms with Gasteiger partial charge in [-0.05, 0) is 24.5 Å². The van der Waals surface area contributed by atoms with Crippen molar-refractivity contribution in [3.63, 3.8) is 0 Å². The number of fused-ring (bicyclic) bond motifs is 1. The van der Waals surface area contributed by atoms with Gasteiger partial charge in [-0.2, -0.15) is 0 Å². The Bertz CT molecular complexity index is 749. The van der Waals surface area contributed by atoms with Gasteiger partial charge in [0.05, 0.1) is 0 Å². The predicted molar refractivity (Wildman–Crippen MR) is 94.5 cm³/mol. The number of carbonyl (C=O) groups is 1. The van der Waals surface area contributed by atoms with Crippen LogP contribution in [-0.2, 0) is 0 Å². The van der Waals surface area contributed by atoms with Gasteiger partial charge in [-0.1, -0.05) is 13.8 Å². The Hall–Kier alpha value is -2.83. The van der Waals surface area contributed by atoms with Crippen molar-refractivity contribution >= 4 is 17.4 Å². The minimum Gasteiger partial charge on any atom is -0.486 e. The average Bonchev–Trinajstić information content (AvgIpc) is 2.61. The number of nitrogens with one attached hydrogen (secondary N) is 2. The van der Waals surface area contributed by atoms with Gasteiger partial charge in [-0.3, -0.25) is 4.79 Å². The van der Waals surface area contributed by atoms with Crippen molar-refractivity contribution in [1.82, 2.24) is 15.3 Å². The highest BCUT2D eigenvalue weighted by Crippen LogP contribution is 2.33. The molecule has 0 unspecified atom stereocenters. The summed E-state index contributed by atoms with van der Waals surface area (Å²) in [6, 6.07) is 7.19. The van der Waals surface area contributed by atoms with Crippen molar-refractivity contribution in [1.29, 1.82) is 0 Å². The standard InChI is InChI=1S/C18H22N4O3/c1-12(2)5-6-19-18(23)14-10-17(21-11-20-14)22-13-3-4-15-16(9-13)25-8-7-24-15/h3-4,9-12H,5-8H2,1-2H3,(H,19,23)(H,20,21,22). The van der Waals surface area contributed by atoms with E-state index in [4.69, 9.17) is 9.47 Å². The number of ether oxygens (including phenoxy) is 2. The average molecular weight is 342 g/mol. The van der Waals surface area contributed by atoms with Gasteiger partial charge in [0.2, 0.25) is 0 Å². The van der Waals surface area contributed by atoms with Crippen LogP contribution in [0.1, 0.15) is 30.8 Å². The van der Waals surface area contributed by atoms with Gasteiger partial charge in [0.25, 0.3) is 5.91 Å². The summed E-state index contributed by atoms with van der Waals surface area (Å²) >= 11 is 0. The Morgan fingerprint density at radius 2 is 1.96 bits per heavy atom. The molecule has 2 heterocycles. The Morgan fingerprint density at radius 3 is 2.76 bits per heavy atom. The molecular weight excluding hydrogens is 320 g/mol. The number of rotatable bonds is 6. The Morgan fingerprint density at radius 1 is 1.16 bits per heavy atom. The lowest BCUT2D eigenvalue weighted by atomic mass is 10.1. The van der Waals surface area contributed by atoms with Crippen LogP contribution in [0.4, 0.5) is 11.5 Å². The van der Waals surface area contributed by atoms with E-state index in [9.17, 15) is 4.79 Å². The van der Waals surface area contributed by atoms with Gasteiger partial charge in [0.1, 0.15) is 31.1 Å². The summed E-state index contributed by atoms with van der Waals surface area (Å²) in [5.74, 6) is 2.30. The molecule has 2 N–H and O–H groups in total. The molecular formula is C18H22N4O3. The van der Waals surface area contributed by atoms with Gasteiger partial charge in [-0.25, -0.2) is 9.97 Å². The molecule has 0 atom stereocenters. The van der Waals surface area contributed by atoms with Crippen molar-refractivity contribution in [3.8, 4) is 11.5 Å². The van der Waals surface area contributed by atoms with E-state index in [1.807, 2.05) is 18.2 Å². The first-order valence-electron chi connectivity index (χ1n) is 8.39. The van der Waals surface area contributed by atoms with Gasteiger partial charge in [-0.15, -0.1) is 0 Å². The summed E-state index contributed by atoms with van der Waals surface area (Å²) in [6.45, 7) is 5.95. The minimum absolute atomic E-state index is 0.201. The minimum atomic E-state index is -0.201. The third kappa shape index (κ3) is 4.59. The van der Waals surface area contributed by atoms with Crippen LogP contribution in [0, 0.1) is 5.92 Å². The number of amides is 1. The van der Waals surface area contributed by atoms with Crippen LogP contribution in [0.15, 0.2) is 30.6 Å². The number of benzene rings is 1. The lowest BCUT2D eigenvalue weighted by Crippen LogP contribution is -2.26. The Labute approximate surface area is 146 Å². The molecule has 1 amide bonds. The first-order chi connectivity index (χ1) is 12.1. The second-order valence-corrected chi connectivity index (χ2v) is 6.21. The first kappa shape index (κ1) is 17.0. The number of anilines is 2. The van der Waals surface area contributed by atoms with Crippen LogP contribution in [0.3, 0.4) is 0 Å². The van der Waals surface area contributed by atoms with Crippen LogP contribution >= 0.6 is 0 Å². The van der Waals surface area contributed by atoms with Crippen molar-refractivity contribution in [3.05, 3.63) is 36.3 Å². The van der Waals surface area contributed by atoms with Crippen LogP contribution in [0.5, 0.6) is 11.5 Å². The maximum atomic E-state index is 12.2. The smallest absolute Gasteiger partial charge is 0.270 e. The summed E-state index contributed by atoms with van der Waals surface area (Å²) in [6.07, 6.45) is 2.30. The summed E-state index contributed by atoms with van der Waals surface area (Å²) in [7, 11) is 0. The van der Waals surface area contributed by atoms with Gasteiger partial charge in [0, 0.05) is 24.4 Å². The van der Waals surface area contributed by atoms with E-state index < -0.39 is 0 Å². The summed E-state index contributed by atoms with van der Waals surface area (Å²) in [4.78, 5) is 20.4. The normalized spacial score (nSPS) is 12.8. The zero-order chi connectivity index (χ0) is 17.6. The zero-order valence-corrected chi connectivity index (χ0v) is 14.4. The largest absolute Gasteiger partial charge is 0.486 e. The fourth-order valence-corrected chi connectivity index (χ4v) is 2.38. The molecule has 0 spiro atoms. The van der Waals surface area contributed by atoms with Crippen molar-refractivity contribution < 1.29 is 14.3 Å². The van der Waals surface area contributed by atoms with Crippen LogP contribution < -0.4 is 20.1 Å². The van der Waals surface area contributed by atoms with Crippen molar-refractivity contribution in [2.45, 2.75) is 20.3 Å². The van der Waals surface area contributed by atoms with E-state index in [1.54, 1.807) is 6.07 Å². The van der Waals surface area contributed by atoms with E-state index in [2.05, 4.69) is 34.4 Å². The van der Waals surface area contributed by atoms with E-state index in [-0.39, 0.29) is 5.91 Å². The van der Waals surface area contributed by atoms with E-state index in [1.165, 1.54) is 6.33 Å². The van der Waals surface area contributed by atoms with Gasteiger partial charge >= 0.3 is 0 Å². The van der Waals surface area contributed by atoms with Crippen molar-refractivity contribution in [2.75, 3.05) is 25.1 Å². The monoisotopic (exact) mass is 342 g/mol. The number of carbonyl (C=O) groups excluding carboxylic acids is 1. The highest BCUT2D eigenvalue weighted by atomic mass is 16.6. The van der Waals surface area contributed by atoms with Crippen molar-refractivity contribution in [2.24, 2.45) is 5.92 Å². The molecule has 3 rings (SSSR count). The molecule has 0 aliphatic carbocycles. The lowest BCUT2D eigenvalue weighted by Gasteiger charge is -2.19. The summed E-state index contributed by atoms with van der Waals surface area (Å²) in [5, 5.41) is 6.03. The molecule has 0 fully saturated rings. The molecule has 2 aromatic rings. The molecule has 132 valence electrons. The maximum Gasteiger partial charge on any atom is 0.270 e. The SMILES string of the molecule is CC(C)CCNC(=O)c1cc(Nc2ccc3c(c2)OCCO3)ncn1. The summed E-state index contributed by atoms with van der Waals surface area (Å²) < 4.78 is 11.1. The number of nitrogens with zero attached hydrogens (tertiary/aromatic N) is 2. The van der Waals surface area contributed by atoms with Crippen LogP contribution in [0.2, 0.25) is 0 Å². The van der Waals surface area contributed by atoms with Gasteiger partial charge in [0.15, 0.2) is 11.5 Å². The predicted octanol–water partition coefficient (Wildman–Crippen LogP) is 2.77. The third-order valence-electron chi connectivity index (χ3n) is 3.72. The maximum absolute atomic E-state index is 12.2. The molecule has 0 saturated carbocycles. The highest BCUT2D eigenvalue weighted by molar-refractivity contribution is 5.92. The molecule has 0 bridgehead atoms. The van der Waals surface area contributed by atoms with Gasteiger partial charge < -0.3 is 20.1 Å². The molecule has 25 heavy (non-hydrogen) atoms. The zero-order valence-electron chi connectivity index (χ0n) is 14.4. The lowest BCUT2D eigenvalue weighted by molar-refractivity contribution is 0.0947. The van der Waals surface area contributed by atoms with E-state index >= 15 is 0 Å². The fourth-order valence-electron chi connectivity index (χ4n) is 2.38. The Balaban J connectivity index is 1.66. The molecule has 0 saturated heterocycles. The number of hydrogen-bond donors (Lipinski definition) is 2. The fraction of sp³-hybridized carbons (Fsp3) is 0.389. The second kappa shape index (κ2) is 7.83. The molecule has 0 radical (unpaired) electrons. The highest BCUT2D eigenvalue weighted by Gasteiger charge is 2.13. The molecule has 7 heteroatoms. The molecule has 1 aromatic heterocycles. The molecule has 1 aliphatic rings. The topological polar surface area (TPSA) is 85.4 Å². The van der Waals surface area contributed by atoms with Crippen LogP contribution in [-0.4, -0.2) is 35.6 Å². The molecule has 7 nitrogen and oxygen atoms in total. The third-order valence-corrected chi connectivity index (χ3v) is 3.72. The molecule has 1 aromatic carbocycles. The van der Waals surface area contributed by atoms with E-state index in [0.717, 1.165) is 17.9 Å². The number of hydrogen-bond acceptors (Lipinski definition) is 6. The summed E-state index contributed by atoms with van der Waals surface area (Å²) in [5.41, 5.74) is 1.13. The van der Waals surface area contributed by atoms with E-state index in [0.29, 0.717) is 42.9 Å². The molecule has 1 aliphatic heterocycles. The van der Waals surface area contributed by atoms with Crippen LogP contribution in [0.25, 0.3) is 0 Å². The second-order valence-electron chi connectivity index (χ2n) is 6.21. The Kier molecular flexibility index (Phi) is 5.33.